The first-order chi connectivity index (χ1) is 7.68. The summed E-state index contributed by atoms with van der Waals surface area (Å²) in [6, 6.07) is 0. The Kier molecular flexibility index (Phi) is 3.97. The summed E-state index contributed by atoms with van der Waals surface area (Å²) in [7, 11) is 0. The SMILES string of the molecule is CC1OC1(C)C(=O)OCCCC(=O)C(C)(C)C. The molecule has 1 aliphatic heterocycles. The van der Waals surface area contributed by atoms with Gasteiger partial charge in [0.05, 0.1) is 12.7 Å². The molecule has 1 saturated heterocycles. The molecule has 0 aromatic carbocycles. The summed E-state index contributed by atoms with van der Waals surface area (Å²) < 4.78 is 10.2. The van der Waals surface area contributed by atoms with Crippen molar-refractivity contribution < 1.29 is 19.1 Å². The van der Waals surface area contributed by atoms with Crippen LogP contribution in [0.2, 0.25) is 0 Å². The Bertz CT molecular complexity index is 316. The van der Waals surface area contributed by atoms with E-state index in [2.05, 4.69) is 0 Å². The highest BCUT2D eigenvalue weighted by molar-refractivity contribution is 5.84. The van der Waals surface area contributed by atoms with Crippen molar-refractivity contribution >= 4 is 11.8 Å². The van der Waals surface area contributed by atoms with E-state index in [1.165, 1.54) is 0 Å². The zero-order valence-electron chi connectivity index (χ0n) is 11.3. The van der Waals surface area contributed by atoms with Crippen molar-refractivity contribution in [3.05, 3.63) is 0 Å². The Balaban J connectivity index is 2.17. The minimum Gasteiger partial charge on any atom is -0.463 e. The molecule has 2 atom stereocenters. The van der Waals surface area contributed by atoms with E-state index in [1.54, 1.807) is 6.92 Å². The number of hydrogen-bond donors (Lipinski definition) is 0. The predicted molar refractivity (Wildman–Crippen MR) is 63.6 cm³/mol. The van der Waals surface area contributed by atoms with Crippen molar-refractivity contribution in [3.63, 3.8) is 0 Å². The van der Waals surface area contributed by atoms with Crippen molar-refractivity contribution in [1.29, 1.82) is 0 Å². The van der Waals surface area contributed by atoms with Gasteiger partial charge in [0, 0.05) is 11.8 Å². The Morgan fingerprint density at radius 3 is 2.29 bits per heavy atom. The molecule has 0 radical (unpaired) electrons. The van der Waals surface area contributed by atoms with Gasteiger partial charge in [0.15, 0.2) is 5.60 Å². The first-order valence-electron chi connectivity index (χ1n) is 6.06. The molecule has 0 saturated carbocycles. The molecule has 0 aromatic rings. The van der Waals surface area contributed by atoms with Crippen molar-refractivity contribution in [2.75, 3.05) is 6.61 Å². The minimum atomic E-state index is -0.756. The van der Waals surface area contributed by atoms with Crippen LogP contribution in [-0.2, 0) is 19.1 Å². The Morgan fingerprint density at radius 1 is 1.35 bits per heavy atom. The lowest BCUT2D eigenvalue weighted by atomic mass is 9.88. The predicted octanol–water partition coefficient (Wildman–Crippen LogP) is 2.10. The van der Waals surface area contributed by atoms with E-state index in [9.17, 15) is 9.59 Å². The van der Waals surface area contributed by atoms with E-state index in [0.717, 1.165) is 0 Å². The van der Waals surface area contributed by atoms with Gasteiger partial charge in [0.25, 0.3) is 0 Å². The summed E-state index contributed by atoms with van der Waals surface area (Å²) in [6.45, 7) is 9.52. The maximum atomic E-state index is 11.6. The van der Waals surface area contributed by atoms with E-state index in [1.807, 2.05) is 27.7 Å². The third kappa shape index (κ3) is 3.53. The number of carbonyl (C=O) groups is 2. The van der Waals surface area contributed by atoms with Gasteiger partial charge in [-0.2, -0.15) is 0 Å². The third-order valence-corrected chi connectivity index (χ3v) is 3.16. The molecular formula is C13H22O4. The van der Waals surface area contributed by atoms with Gasteiger partial charge in [-0.1, -0.05) is 20.8 Å². The molecular weight excluding hydrogens is 220 g/mol. The van der Waals surface area contributed by atoms with Crippen molar-refractivity contribution in [1.82, 2.24) is 0 Å². The molecule has 0 spiro atoms. The van der Waals surface area contributed by atoms with Crippen LogP contribution in [0.25, 0.3) is 0 Å². The second kappa shape index (κ2) is 4.77. The molecule has 17 heavy (non-hydrogen) atoms. The Labute approximate surface area is 103 Å². The van der Waals surface area contributed by atoms with Gasteiger partial charge in [-0.05, 0) is 20.3 Å². The standard InChI is InChI=1S/C13H22O4/c1-9-13(5,17-9)11(15)16-8-6-7-10(14)12(2,3)4/h9H,6-8H2,1-5H3. The van der Waals surface area contributed by atoms with Crippen molar-refractivity contribution in [2.45, 2.75) is 59.2 Å². The molecule has 4 heteroatoms. The number of carbonyl (C=O) groups excluding carboxylic acids is 2. The maximum absolute atomic E-state index is 11.6. The summed E-state index contributed by atoms with van der Waals surface area (Å²) in [4.78, 5) is 23.2. The van der Waals surface area contributed by atoms with Crippen LogP contribution in [0.1, 0.15) is 47.5 Å². The number of ketones is 1. The largest absolute Gasteiger partial charge is 0.463 e. The molecule has 1 heterocycles. The Morgan fingerprint density at radius 2 is 1.88 bits per heavy atom. The van der Waals surface area contributed by atoms with Crippen LogP contribution in [-0.4, -0.2) is 30.1 Å². The molecule has 0 N–H and O–H groups in total. The fourth-order valence-corrected chi connectivity index (χ4v) is 1.46. The summed E-state index contributed by atoms with van der Waals surface area (Å²) >= 11 is 0. The molecule has 4 nitrogen and oxygen atoms in total. The fourth-order valence-electron chi connectivity index (χ4n) is 1.46. The third-order valence-electron chi connectivity index (χ3n) is 3.16. The van der Waals surface area contributed by atoms with E-state index >= 15 is 0 Å². The number of hydrogen-bond acceptors (Lipinski definition) is 4. The van der Waals surface area contributed by atoms with Gasteiger partial charge in [0.1, 0.15) is 5.78 Å². The van der Waals surface area contributed by atoms with Gasteiger partial charge < -0.3 is 9.47 Å². The monoisotopic (exact) mass is 242 g/mol. The van der Waals surface area contributed by atoms with Crippen molar-refractivity contribution in [3.8, 4) is 0 Å². The highest BCUT2D eigenvalue weighted by Gasteiger charge is 2.57. The lowest BCUT2D eigenvalue weighted by molar-refractivity contribution is -0.149. The molecule has 0 amide bonds. The second-order valence-corrected chi connectivity index (χ2v) is 5.78. The zero-order chi connectivity index (χ0) is 13.3. The summed E-state index contributed by atoms with van der Waals surface area (Å²) in [5.74, 6) is -0.135. The maximum Gasteiger partial charge on any atom is 0.340 e. The smallest absolute Gasteiger partial charge is 0.340 e. The molecule has 0 bridgehead atoms. The zero-order valence-corrected chi connectivity index (χ0v) is 11.3. The average Bonchev–Trinajstić information content (AvgIpc) is 2.81. The number of rotatable bonds is 5. The number of epoxide rings is 1. The lowest BCUT2D eigenvalue weighted by Gasteiger charge is -2.16. The number of esters is 1. The van der Waals surface area contributed by atoms with Crippen LogP contribution in [0.5, 0.6) is 0 Å². The van der Waals surface area contributed by atoms with Crippen LogP contribution in [0.3, 0.4) is 0 Å². The van der Waals surface area contributed by atoms with E-state index in [0.29, 0.717) is 12.8 Å². The van der Waals surface area contributed by atoms with Crippen LogP contribution < -0.4 is 0 Å². The van der Waals surface area contributed by atoms with E-state index in [-0.39, 0.29) is 29.9 Å². The molecule has 1 fully saturated rings. The van der Waals surface area contributed by atoms with Gasteiger partial charge in [-0.15, -0.1) is 0 Å². The first-order valence-corrected chi connectivity index (χ1v) is 6.06. The fraction of sp³-hybridized carbons (Fsp3) is 0.846. The molecule has 2 unspecified atom stereocenters. The normalized spacial score (nSPS) is 27.7. The van der Waals surface area contributed by atoms with Crippen LogP contribution >= 0.6 is 0 Å². The number of Topliss-reactive ketones (excluding diaryl/α,β-unsaturated/α-hetero) is 1. The lowest BCUT2D eigenvalue weighted by Crippen LogP contribution is -2.26. The van der Waals surface area contributed by atoms with Gasteiger partial charge >= 0.3 is 5.97 Å². The van der Waals surface area contributed by atoms with Gasteiger partial charge in [0.2, 0.25) is 0 Å². The highest BCUT2D eigenvalue weighted by atomic mass is 16.7. The Hall–Kier alpha value is -0.900. The second-order valence-electron chi connectivity index (χ2n) is 5.78. The summed E-state index contributed by atoms with van der Waals surface area (Å²) in [5, 5.41) is 0. The minimum absolute atomic E-state index is 0.0637. The topological polar surface area (TPSA) is 55.9 Å². The highest BCUT2D eigenvalue weighted by Crippen LogP contribution is 2.36. The first kappa shape index (κ1) is 14.2. The van der Waals surface area contributed by atoms with Crippen LogP contribution in [0.15, 0.2) is 0 Å². The quantitative estimate of drug-likeness (QED) is 0.421. The van der Waals surface area contributed by atoms with Crippen molar-refractivity contribution in [2.24, 2.45) is 5.41 Å². The van der Waals surface area contributed by atoms with Gasteiger partial charge in [-0.3, -0.25) is 4.79 Å². The van der Waals surface area contributed by atoms with Crippen LogP contribution in [0.4, 0.5) is 0 Å². The van der Waals surface area contributed by atoms with E-state index in [4.69, 9.17) is 9.47 Å². The van der Waals surface area contributed by atoms with Crippen LogP contribution in [0, 0.1) is 5.41 Å². The molecule has 0 aliphatic carbocycles. The molecule has 98 valence electrons. The molecule has 1 rings (SSSR count). The van der Waals surface area contributed by atoms with E-state index < -0.39 is 5.60 Å². The molecule has 1 aliphatic rings. The summed E-state index contributed by atoms with van der Waals surface area (Å²) in [6.07, 6.45) is 0.960. The summed E-state index contributed by atoms with van der Waals surface area (Å²) in [5.41, 5.74) is -1.07. The molecule has 0 aromatic heterocycles. The average molecular weight is 242 g/mol. The number of ether oxygens (including phenoxy) is 2. The van der Waals surface area contributed by atoms with Gasteiger partial charge in [-0.25, -0.2) is 4.79 Å².